The van der Waals surface area contributed by atoms with E-state index in [-0.39, 0.29) is 0 Å². The van der Waals surface area contributed by atoms with Gasteiger partial charge in [-0.05, 0) is 43.4 Å². The number of rotatable bonds is 5. The highest BCUT2D eigenvalue weighted by atomic mass is 15.1. The molecule has 2 nitrogen and oxygen atoms in total. The van der Waals surface area contributed by atoms with Crippen LogP contribution in [0.25, 0.3) is 0 Å². The van der Waals surface area contributed by atoms with Crippen LogP contribution in [0.4, 0.5) is 5.69 Å². The Labute approximate surface area is 124 Å². The molecule has 2 heteroatoms. The number of benzene rings is 1. The third-order valence-corrected chi connectivity index (χ3v) is 4.81. The second-order valence-electron chi connectivity index (χ2n) is 6.43. The van der Waals surface area contributed by atoms with E-state index in [1.165, 1.54) is 43.4 Å². The zero-order chi connectivity index (χ0) is 14.5. The Kier molecular flexibility index (Phi) is 5.47. The Morgan fingerprint density at radius 2 is 1.80 bits per heavy atom. The van der Waals surface area contributed by atoms with Crippen LogP contribution in [0.15, 0.2) is 24.3 Å². The highest BCUT2D eigenvalue weighted by Gasteiger charge is 2.24. The molecule has 1 aliphatic rings. The van der Waals surface area contributed by atoms with Gasteiger partial charge >= 0.3 is 0 Å². The molecule has 3 unspecified atom stereocenters. The van der Waals surface area contributed by atoms with Crippen molar-refractivity contribution in [3.05, 3.63) is 29.8 Å². The van der Waals surface area contributed by atoms with Crippen LogP contribution in [0.5, 0.6) is 0 Å². The van der Waals surface area contributed by atoms with Gasteiger partial charge in [0.2, 0.25) is 0 Å². The van der Waals surface area contributed by atoms with E-state index in [4.69, 9.17) is 0 Å². The molecule has 0 amide bonds. The third-order valence-electron chi connectivity index (χ3n) is 4.81. The molecule has 0 bridgehead atoms. The van der Waals surface area contributed by atoms with Gasteiger partial charge in [0, 0.05) is 31.9 Å². The van der Waals surface area contributed by atoms with E-state index in [1.807, 2.05) is 0 Å². The number of hydrogen-bond acceptors (Lipinski definition) is 2. The molecule has 20 heavy (non-hydrogen) atoms. The zero-order valence-corrected chi connectivity index (χ0v) is 13.5. The average molecular weight is 274 g/mol. The minimum Gasteiger partial charge on any atom is -0.378 e. The Morgan fingerprint density at radius 3 is 2.40 bits per heavy atom. The summed E-state index contributed by atoms with van der Waals surface area (Å²) in [5.41, 5.74) is 2.67. The second-order valence-corrected chi connectivity index (χ2v) is 6.43. The van der Waals surface area contributed by atoms with Gasteiger partial charge in [0.25, 0.3) is 0 Å². The molecule has 112 valence electrons. The van der Waals surface area contributed by atoms with Crippen molar-refractivity contribution in [3.8, 4) is 0 Å². The summed E-state index contributed by atoms with van der Waals surface area (Å²) >= 11 is 0. The molecule has 0 spiro atoms. The van der Waals surface area contributed by atoms with Gasteiger partial charge < -0.3 is 10.2 Å². The summed E-state index contributed by atoms with van der Waals surface area (Å²) in [5.74, 6) is 0.868. The SMILES string of the molecule is CCC1CCCCC1NC(C)c1ccc(N(C)C)cc1. The summed E-state index contributed by atoms with van der Waals surface area (Å²) in [6, 6.07) is 10.1. The molecular formula is C18H30N2. The van der Waals surface area contributed by atoms with E-state index in [9.17, 15) is 0 Å². The van der Waals surface area contributed by atoms with E-state index in [1.54, 1.807) is 0 Å². The molecule has 0 radical (unpaired) electrons. The lowest BCUT2D eigenvalue weighted by molar-refractivity contribution is 0.240. The molecule has 0 saturated heterocycles. The maximum Gasteiger partial charge on any atom is 0.0361 e. The Hall–Kier alpha value is -1.02. The van der Waals surface area contributed by atoms with E-state index in [0.717, 1.165) is 5.92 Å². The smallest absolute Gasteiger partial charge is 0.0361 e. The number of nitrogens with one attached hydrogen (secondary N) is 1. The van der Waals surface area contributed by atoms with Gasteiger partial charge in [-0.3, -0.25) is 0 Å². The Balaban J connectivity index is 1.98. The van der Waals surface area contributed by atoms with Crippen LogP contribution in [0.3, 0.4) is 0 Å². The standard InChI is InChI=1S/C18H30N2/c1-5-15-8-6-7-9-18(15)19-14(2)16-10-12-17(13-11-16)20(3)4/h10-15,18-19H,5-9H2,1-4H3. The molecule has 3 atom stereocenters. The molecule has 0 heterocycles. The minimum absolute atomic E-state index is 0.448. The average Bonchev–Trinajstić information content (AvgIpc) is 2.48. The maximum atomic E-state index is 3.87. The first-order valence-electron chi connectivity index (χ1n) is 8.15. The first-order valence-corrected chi connectivity index (χ1v) is 8.15. The fourth-order valence-corrected chi connectivity index (χ4v) is 3.39. The van der Waals surface area contributed by atoms with Gasteiger partial charge in [-0.2, -0.15) is 0 Å². The fourth-order valence-electron chi connectivity index (χ4n) is 3.39. The molecule has 0 aromatic heterocycles. The fraction of sp³-hybridized carbons (Fsp3) is 0.667. The molecule has 1 saturated carbocycles. The van der Waals surface area contributed by atoms with E-state index < -0.39 is 0 Å². The van der Waals surface area contributed by atoms with Crippen molar-refractivity contribution in [2.45, 2.75) is 58.0 Å². The van der Waals surface area contributed by atoms with Gasteiger partial charge in [0.05, 0.1) is 0 Å². The second kappa shape index (κ2) is 7.12. The van der Waals surface area contributed by atoms with E-state index >= 15 is 0 Å². The predicted molar refractivity (Wildman–Crippen MR) is 88.4 cm³/mol. The first kappa shape index (κ1) is 15.4. The highest BCUT2D eigenvalue weighted by Crippen LogP contribution is 2.29. The van der Waals surface area contributed by atoms with E-state index in [2.05, 4.69) is 62.4 Å². The molecule has 1 N–H and O–H groups in total. The van der Waals surface area contributed by atoms with Crippen molar-refractivity contribution < 1.29 is 0 Å². The molecule has 0 aliphatic heterocycles. The summed E-state index contributed by atoms with van der Waals surface area (Å²) in [6.07, 6.45) is 6.87. The minimum atomic E-state index is 0.448. The van der Waals surface area contributed by atoms with Crippen LogP contribution >= 0.6 is 0 Å². The summed E-state index contributed by atoms with van der Waals surface area (Å²) in [4.78, 5) is 2.15. The van der Waals surface area contributed by atoms with Crippen LogP contribution in [-0.4, -0.2) is 20.1 Å². The van der Waals surface area contributed by atoms with Crippen molar-refractivity contribution >= 4 is 5.69 Å². The van der Waals surface area contributed by atoms with Crippen molar-refractivity contribution in [1.29, 1.82) is 0 Å². The van der Waals surface area contributed by atoms with Gasteiger partial charge in [-0.25, -0.2) is 0 Å². The number of hydrogen-bond donors (Lipinski definition) is 1. The van der Waals surface area contributed by atoms with Gasteiger partial charge in [-0.1, -0.05) is 38.3 Å². The van der Waals surface area contributed by atoms with Crippen LogP contribution in [-0.2, 0) is 0 Å². The first-order chi connectivity index (χ1) is 9.61. The summed E-state index contributed by atoms with van der Waals surface area (Å²) in [6.45, 7) is 4.63. The summed E-state index contributed by atoms with van der Waals surface area (Å²) in [5, 5.41) is 3.87. The lowest BCUT2D eigenvalue weighted by Crippen LogP contribution is -2.39. The third kappa shape index (κ3) is 3.76. The van der Waals surface area contributed by atoms with Gasteiger partial charge in [0.1, 0.15) is 0 Å². The molecule has 1 fully saturated rings. The quantitative estimate of drug-likeness (QED) is 0.857. The van der Waals surface area contributed by atoms with E-state index in [0.29, 0.717) is 12.1 Å². The molecule has 1 aromatic rings. The number of nitrogens with zero attached hydrogens (tertiary/aromatic N) is 1. The van der Waals surface area contributed by atoms with Crippen molar-refractivity contribution in [2.75, 3.05) is 19.0 Å². The van der Waals surface area contributed by atoms with Crippen LogP contribution < -0.4 is 10.2 Å². The predicted octanol–water partition coefficient (Wildman–Crippen LogP) is 4.37. The number of anilines is 1. The van der Waals surface area contributed by atoms with Crippen molar-refractivity contribution in [3.63, 3.8) is 0 Å². The topological polar surface area (TPSA) is 15.3 Å². The lowest BCUT2D eigenvalue weighted by atomic mass is 9.82. The monoisotopic (exact) mass is 274 g/mol. The Morgan fingerprint density at radius 1 is 1.15 bits per heavy atom. The van der Waals surface area contributed by atoms with Crippen molar-refractivity contribution in [2.24, 2.45) is 5.92 Å². The molecule has 1 aromatic carbocycles. The molecule has 2 rings (SSSR count). The summed E-state index contributed by atoms with van der Waals surface area (Å²) < 4.78 is 0. The summed E-state index contributed by atoms with van der Waals surface area (Å²) in [7, 11) is 4.18. The van der Waals surface area contributed by atoms with Crippen LogP contribution in [0, 0.1) is 5.92 Å². The van der Waals surface area contributed by atoms with Gasteiger partial charge in [0.15, 0.2) is 0 Å². The maximum absolute atomic E-state index is 3.87. The molecule has 1 aliphatic carbocycles. The zero-order valence-electron chi connectivity index (χ0n) is 13.5. The lowest BCUT2D eigenvalue weighted by Gasteiger charge is -2.34. The van der Waals surface area contributed by atoms with Gasteiger partial charge in [-0.15, -0.1) is 0 Å². The normalized spacial score (nSPS) is 24.4. The largest absolute Gasteiger partial charge is 0.378 e. The highest BCUT2D eigenvalue weighted by molar-refractivity contribution is 5.46. The van der Waals surface area contributed by atoms with Crippen LogP contribution in [0.2, 0.25) is 0 Å². The van der Waals surface area contributed by atoms with Crippen LogP contribution in [0.1, 0.15) is 57.6 Å². The Bertz CT molecular complexity index is 396. The molecular weight excluding hydrogens is 244 g/mol. The van der Waals surface area contributed by atoms with Crippen molar-refractivity contribution in [1.82, 2.24) is 5.32 Å².